The molecule has 1 aromatic carbocycles. The van der Waals surface area contributed by atoms with Crippen LogP contribution < -0.4 is 4.74 Å². The third-order valence-corrected chi connectivity index (χ3v) is 2.85. The third kappa shape index (κ3) is 2.30. The van der Waals surface area contributed by atoms with Gasteiger partial charge in [-0.3, -0.25) is 0 Å². The molecule has 1 aliphatic heterocycles. The number of aliphatic hydroxyl groups excluding tert-OH is 1. The lowest BCUT2D eigenvalue weighted by Gasteiger charge is -2.17. The van der Waals surface area contributed by atoms with Crippen molar-refractivity contribution in [1.29, 1.82) is 0 Å². The van der Waals surface area contributed by atoms with Crippen LogP contribution in [0.15, 0.2) is 24.3 Å². The zero-order valence-corrected chi connectivity index (χ0v) is 8.85. The molecule has 0 amide bonds. The van der Waals surface area contributed by atoms with Crippen LogP contribution in [-0.4, -0.2) is 25.4 Å². The van der Waals surface area contributed by atoms with E-state index in [4.69, 9.17) is 9.47 Å². The zero-order chi connectivity index (χ0) is 10.7. The van der Waals surface area contributed by atoms with Crippen LogP contribution in [0.4, 0.5) is 0 Å². The molecule has 0 bridgehead atoms. The van der Waals surface area contributed by atoms with Gasteiger partial charge in [0.15, 0.2) is 0 Å². The van der Waals surface area contributed by atoms with Crippen molar-refractivity contribution >= 4 is 0 Å². The van der Waals surface area contributed by atoms with Gasteiger partial charge in [-0.25, -0.2) is 0 Å². The summed E-state index contributed by atoms with van der Waals surface area (Å²) in [5, 5.41) is 10.1. The van der Waals surface area contributed by atoms with Crippen LogP contribution in [0.3, 0.4) is 0 Å². The van der Waals surface area contributed by atoms with Gasteiger partial charge in [0, 0.05) is 12.5 Å². The summed E-state index contributed by atoms with van der Waals surface area (Å²) in [6.07, 6.45) is 0.487. The SMILES string of the molecule is COc1cccc(C(O)C2CCOC2)c1. The molecule has 15 heavy (non-hydrogen) atoms. The first-order chi connectivity index (χ1) is 7.31. The molecule has 2 rings (SSSR count). The Morgan fingerprint density at radius 1 is 1.53 bits per heavy atom. The summed E-state index contributed by atoms with van der Waals surface area (Å²) in [6.45, 7) is 1.41. The van der Waals surface area contributed by atoms with Crippen LogP contribution >= 0.6 is 0 Å². The minimum atomic E-state index is -0.442. The van der Waals surface area contributed by atoms with Gasteiger partial charge in [0.25, 0.3) is 0 Å². The third-order valence-electron chi connectivity index (χ3n) is 2.85. The molecule has 2 atom stereocenters. The van der Waals surface area contributed by atoms with E-state index in [9.17, 15) is 5.11 Å². The van der Waals surface area contributed by atoms with E-state index < -0.39 is 6.10 Å². The van der Waals surface area contributed by atoms with Crippen molar-refractivity contribution in [2.24, 2.45) is 5.92 Å². The molecule has 0 aliphatic carbocycles. The number of ether oxygens (including phenoxy) is 2. The lowest BCUT2D eigenvalue weighted by Crippen LogP contribution is -2.12. The summed E-state index contributed by atoms with van der Waals surface area (Å²) < 4.78 is 10.4. The summed E-state index contributed by atoms with van der Waals surface area (Å²) in [6, 6.07) is 7.57. The van der Waals surface area contributed by atoms with Gasteiger partial charge >= 0.3 is 0 Å². The second kappa shape index (κ2) is 4.64. The standard InChI is InChI=1S/C12H16O3/c1-14-11-4-2-3-9(7-11)12(13)10-5-6-15-8-10/h2-4,7,10,12-13H,5-6,8H2,1H3. The normalized spacial score (nSPS) is 22.7. The quantitative estimate of drug-likeness (QED) is 0.822. The van der Waals surface area contributed by atoms with E-state index in [2.05, 4.69) is 0 Å². The average molecular weight is 208 g/mol. The Morgan fingerprint density at radius 3 is 3.07 bits per heavy atom. The Labute approximate surface area is 89.6 Å². The van der Waals surface area contributed by atoms with Crippen molar-refractivity contribution in [1.82, 2.24) is 0 Å². The molecule has 0 saturated carbocycles. The number of hydrogen-bond donors (Lipinski definition) is 1. The fraction of sp³-hybridized carbons (Fsp3) is 0.500. The summed E-state index contributed by atoms with van der Waals surface area (Å²) in [7, 11) is 1.63. The second-order valence-electron chi connectivity index (χ2n) is 3.85. The molecule has 1 fully saturated rings. The van der Waals surface area contributed by atoms with Gasteiger partial charge in [0.2, 0.25) is 0 Å². The summed E-state index contributed by atoms with van der Waals surface area (Å²) in [5.74, 6) is 1.00. The van der Waals surface area contributed by atoms with E-state index in [0.717, 1.165) is 24.3 Å². The highest BCUT2D eigenvalue weighted by Gasteiger charge is 2.25. The van der Waals surface area contributed by atoms with Crippen LogP contribution in [0.2, 0.25) is 0 Å². The van der Waals surface area contributed by atoms with E-state index in [1.54, 1.807) is 7.11 Å². The minimum Gasteiger partial charge on any atom is -0.497 e. The molecular weight excluding hydrogens is 192 g/mol. The molecule has 3 heteroatoms. The maximum atomic E-state index is 10.1. The highest BCUT2D eigenvalue weighted by molar-refractivity contribution is 5.30. The van der Waals surface area contributed by atoms with E-state index in [0.29, 0.717) is 6.61 Å². The van der Waals surface area contributed by atoms with Crippen molar-refractivity contribution in [3.63, 3.8) is 0 Å². The summed E-state index contributed by atoms with van der Waals surface area (Å²) in [4.78, 5) is 0. The van der Waals surface area contributed by atoms with Gasteiger partial charge in [-0.1, -0.05) is 12.1 Å². The van der Waals surface area contributed by atoms with Crippen molar-refractivity contribution in [2.75, 3.05) is 20.3 Å². The minimum absolute atomic E-state index is 0.220. The maximum absolute atomic E-state index is 10.1. The zero-order valence-electron chi connectivity index (χ0n) is 8.85. The van der Waals surface area contributed by atoms with Crippen LogP contribution in [0, 0.1) is 5.92 Å². The average Bonchev–Trinajstić information content (AvgIpc) is 2.81. The lowest BCUT2D eigenvalue weighted by molar-refractivity contribution is 0.0916. The Hall–Kier alpha value is -1.06. The monoisotopic (exact) mass is 208 g/mol. The molecule has 3 nitrogen and oxygen atoms in total. The van der Waals surface area contributed by atoms with E-state index in [1.807, 2.05) is 24.3 Å². The number of benzene rings is 1. The molecular formula is C12H16O3. The molecule has 0 spiro atoms. The van der Waals surface area contributed by atoms with Crippen molar-refractivity contribution in [3.8, 4) is 5.75 Å². The van der Waals surface area contributed by atoms with Crippen molar-refractivity contribution in [3.05, 3.63) is 29.8 Å². The van der Waals surface area contributed by atoms with E-state index >= 15 is 0 Å². The first kappa shape index (κ1) is 10.5. The molecule has 1 aliphatic rings. The lowest BCUT2D eigenvalue weighted by atomic mass is 9.95. The summed E-state index contributed by atoms with van der Waals surface area (Å²) >= 11 is 0. The molecule has 1 aromatic rings. The second-order valence-corrected chi connectivity index (χ2v) is 3.85. The summed E-state index contributed by atoms with van der Waals surface area (Å²) in [5.41, 5.74) is 0.907. The van der Waals surface area contributed by atoms with Gasteiger partial charge in [-0.05, 0) is 24.1 Å². The van der Waals surface area contributed by atoms with Gasteiger partial charge in [0.1, 0.15) is 5.75 Å². The Bertz CT molecular complexity index is 318. The predicted octanol–water partition coefficient (Wildman–Crippen LogP) is 1.77. The number of rotatable bonds is 3. The highest BCUT2D eigenvalue weighted by atomic mass is 16.5. The van der Waals surface area contributed by atoms with Gasteiger partial charge in [-0.2, -0.15) is 0 Å². The molecule has 82 valence electrons. The fourth-order valence-electron chi connectivity index (χ4n) is 1.90. The first-order valence-corrected chi connectivity index (χ1v) is 5.21. The van der Waals surface area contributed by atoms with E-state index in [-0.39, 0.29) is 5.92 Å². The van der Waals surface area contributed by atoms with Crippen LogP contribution in [-0.2, 0) is 4.74 Å². The Balaban J connectivity index is 2.13. The van der Waals surface area contributed by atoms with Crippen molar-refractivity contribution < 1.29 is 14.6 Å². The Morgan fingerprint density at radius 2 is 2.40 bits per heavy atom. The van der Waals surface area contributed by atoms with Crippen LogP contribution in [0.25, 0.3) is 0 Å². The van der Waals surface area contributed by atoms with Gasteiger partial charge in [-0.15, -0.1) is 0 Å². The van der Waals surface area contributed by atoms with E-state index in [1.165, 1.54) is 0 Å². The fourth-order valence-corrected chi connectivity index (χ4v) is 1.90. The van der Waals surface area contributed by atoms with Gasteiger partial charge < -0.3 is 14.6 Å². The van der Waals surface area contributed by atoms with Crippen LogP contribution in [0.5, 0.6) is 5.75 Å². The molecule has 1 saturated heterocycles. The van der Waals surface area contributed by atoms with Gasteiger partial charge in [0.05, 0.1) is 19.8 Å². The molecule has 1 N–H and O–H groups in total. The Kier molecular flexibility index (Phi) is 3.23. The molecule has 1 heterocycles. The number of methoxy groups -OCH3 is 1. The number of hydrogen-bond acceptors (Lipinski definition) is 3. The topological polar surface area (TPSA) is 38.7 Å². The maximum Gasteiger partial charge on any atom is 0.119 e. The van der Waals surface area contributed by atoms with Crippen molar-refractivity contribution in [2.45, 2.75) is 12.5 Å². The van der Waals surface area contributed by atoms with Crippen LogP contribution in [0.1, 0.15) is 18.1 Å². The number of aliphatic hydroxyl groups is 1. The first-order valence-electron chi connectivity index (χ1n) is 5.21. The molecule has 0 radical (unpaired) electrons. The molecule has 2 unspecified atom stereocenters. The largest absolute Gasteiger partial charge is 0.497 e. The predicted molar refractivity (Wildman–Crippen MR) is 56.9 cm³/mol. The smallest absolute Gasteiger partial charge is 0.119 e. The molecule has 0 aromatic heterocycles. The highest BCUT2D eigenvalue weighted by Crippen LogP contribution is 2.30.